The smallest absolute Gasteiger partial charge is 0.0561 e. The maximum absolute atomic E-state index is 2.52. The number of nitrogens with zero attached hydrogens (tertiary/aromatic N) is 2. The monoisotopic (exact) mass is 852 g/mol. The number of fused-ring (bicyclic) bond motifs is 2. The standard InChI is InChI=1S/C64H56N2/c1-63(2,3)49-36-40-58(55(42-49)45-24-12-7-13-25-45)66(59-41-37-50(64(4,5)6)43-56(59)46-26-14-8-15-27-46)52-38-39-54-60(44-52)65(51-32-20-11-21-33-51)57-35-23-22-34-53(57)62(54)61(47-28-16-9-17-29-47)48-30-18-10-19-31-48/h7-44H,1-6H3. The Kier molecular flexibility index (Phi) is 11.1. The molecule has 66 heavy (non-hydrogen) atoms. The molecule has 0 saturated carbocycles. The van der Waals surface area contributed by atoms with Gasteiger partial charge in [0.15, 0.2) is 0 Å². The first-order valence-electron chi connectivity index (χ1n) is 23.2. The van der Waals surface area contributed by atoms with Gasteiger partial charge in [-0.15, -0.1) is 0 Å². The van der Waals surface area contributed by atoms with Gasteiger partial charge in [-0.1, -0.05) is 217 Å². The lowest BCUT2D eigenvalue weighted by molar-refractivity contribution is 0.590. The zero-order valence-corrected chi connectivity index (χ0v) is 38.8. The first-order valence-corrected chi connectivity index (χ1v) is 23.2. The van der Waals surface area contributed by atoms with Crippen LogP contribution in [0, 0.1) is 0 Å². The van der Waals surface area contributed by atoms with Gasteiger partial charge in [0.2, 0.25) is 0 Å². The molecule has 10 rings (SSSR count). The first-order chi connectivity index (χ1) is 32.0. The highest BCUT2D eigenvalue weighted by Crippen LogP contribution is 2.55. The van der Waals surface area contributed by atoms with Crippen molar-refractivity contribution < 1.29 is 0 Å². The molecule has 0 spiro atoms. The number of benzene rings is 9. The summed E-state index contributed by atoms with van der Waals surface area (Å²) < 4.78 is 0. The highest BCUT2D eigenvalue weighted by Gasteiger charge is 2.33. The van der Waals surface area contributed by atoms with Crippen molar-refractivity contribution in [2.45, 2.75) is 52.4 Å². The van der Waals surface area contributed by atoms with E-state index >= 15 is 0 Å². The van der Waals surface area contributed by atoms with Gasteiger partial charge in [0.25, 0.3) is 0 Å². The SMILES string of the molecule is CC(C)(C)c1ccc(N(c2ccc3c(c2)N(c2ccccc2)c2ccccc2C3=C(c2ccccc2)c2ccccc2)c2ccc(C(C)(C)C)cc2-c2ccccc2)c(-c2ccccc2)c1. The molecule has 0 aliphatic carbocycles. The lowest BCUT2D eigenvalue weighted by Gasteiger charge is -2.38. The zero-order valence-electron chi connectivity index (χ0n) is 38.8. The molecular weight excluding hydrogens is 797 g/mol. The van der Waals surface area contributed by atoms with Crippen molar-refractivity contribution in [3.63, 3.8) is 0 Å². The van der Waals surface area contributed by atoms with E-state index in [9.17, 15) is 0 Å². The summed E-state index contributed by atoms with van der Waals surface area (Å²) in [6.07, 6.45) is 0. The summed E-state index contributed by atoms with van der Waals surface area (Å²) in [6, 6.07) is 84.7. The Morgan fingerprint density at radius 3 is 1.27 bits per heavy atom. The van der Waals surface area contributed by atoms with E-state index in [2.05, 4.69) is 282 Å². The molecule has 0 N–H and O–H groups in total. The summed E-state index contributed by atoms with van der Waals surface area (Å²) in [5.74, 6) is 0. The minimum atomic E-state index is -0.0518. The number of hydrogen-bond donors (Lipinski definition) is 0. The minimum absolute atomic E-state index is 0.0518. The van der Waals surface area contributed by atoms with Gasteiger partial charge < -0.3 is 9.80 Å². The average Bonchev–Trinajstić information content (AvgIpc) is 3.35. The summed E-state index contributed by atoms with van der Waals surface area (Å²) in [4.78, 5) is 4.98. The second-order valence-corrected chi connectivity index (χ2v) is 19.4. The molecule has 2 heteroatoms. The predicted molar refractivity (Wildman–Crippen MR) is 282 cm³/mol. The molecule has 1 aliphatic rings. The lowest BCUT2D eigenvalue weighted by atomic mass is 9.81. The van der Waals surface area contributed by atoms with Crippen molar-refractivity contribution in [3.05, 3.63) is 264 Å². The summed E-state index contributed by atoms with van der Waals surface area (Å²) >= 11 is 0. The predicted octanol–water partition coefficient (Wildman–Crippen LogP) is 17.9. The third kappa shape index (κ3) is 8.05. The van der Waals surface area contributed by atoms with E-state index in [-0.39, 0.29) is 10.8 Å². The van der Waals surface area contributed by atoms with Gasteiger partial charge in [0.05, 0.1) is 22.7 Å². The first kappa shape index (κ1) is 42.3. The Morgan fingerprint density at radius 1 is 0.364 bits per heavy atom. The second kappa shape index (κ2) is 17.4. The van der Waals surface area contributed by atoms with E-state index in [4.69, 9.17) is 0 Å². The number of anilines is 6. The van der Waals surface area contributed by atoms with Crippen molar-refractivity contribution in [2.24, 2.45) is 0 Å². The number of para-hydroxylation sites is 2. The molecule has 0 unspecified atom stereocenters. The Labute approximate surface area is 391 Å². The van der Waals surface area contributed by atoms with Crippen LogP contribution in [0.25, 0.3) is 33.4 Å². The molecule has 322 valence electrons. The van der Waals surface area contributed by atoms with Crippen LogP contribution in [-0.4, -0.2) is 0 Å². The molecule has 2 nitrogen and oxygen atoms in total. The minimum Gasteiger partial charge on any atom is -0.309 e. The molecule has 0 saturated heterocycles. The molecule has 1 heterocycles. The van der Waals surface area contributed by atoms with Crippen LogP contribution in [0.1, 0.15) is 74.9 Å². The highest BCUT2D eigenvalue weighted by atomic mass is 15.2. The van der Waals surface area contributed by atoms with Crippen molar-refractivity contribution in [2.75, 3.05) is 9.80 Å². The molecule has 9 aromatic rings. The third-order valence-electron chi connectivity index (χ3n) is 12.9. The Bertz CT molecular complexity index is 3030. The van der Waals surface area contributed by atoms with Gasteiger partial charge in [-0.3, -0.25) is 0 Å². The summed E-state index contributed by atoms with van der Waals surface area (Å²) in [7, 11) is 0. The van der Waals surface area contributed by atoms with Crippen molar-refractivity contribution in [3.8, 4) is 22.3 Å². The molecule has 0 radical (unpaired) electrons. The van der Waals surface area contributed by atoms with Gasteiger partial charge in [-0.2, -0.15) is 0 Å². The van der Waals surface area contributed by atoms with E-state index in [0.717, 1.165) is 34.1 Å². The Balaban J connectivity index is 1.33. The van der Waals surface area contributed by atoms with Crippen LogP contribution < -0.4 is 9.80 Å². The van der Waals surface area contributed by atoms with Gasteiger partial charge in [0, 0.05) is 39.2 Å². The van der Waals surface area contributed by atoms with Crippen molar-refractivity contribution in [1.29, 1.82) is 0 Å². The fourth-order valence-corrected chi connectivity index (χ4v) is 9.50. The molecule has 9 aromatic carbocycles. The summed E-state index contributed by atoms with van der Waals surface area (Å²) in [6.45, 7) is 13.8. The van der Waals surface area contributed by atoms with E-state index in [1.807, 2.05) is 0 Å². The van der Waals surface area contributed by atoms with Crippen LogP contribution in [0.5, 0.6) is 0 Å². The van der Waals surface area contributed by atoms with Gasteiger partial charge in [-0.25, -0.2) is 0 Å². The zero-order chi connectivity index (χ0) is 45.4. The molecule has 0 fully saturated rings. The quantitative estimate of drug-likeness (QED) is 0.150. The number of rotatable bonds is 8. The lowest BCUT2D eigenvalue weighted by Crippen LogP contribution is -2.20. The summed E-state index contributed by atoms with van der Waals surface area (Å²) in [5, 5.41) is 0. The largest absolute Gasteiger partial charge is 0.309 e. The maximum Gasteiger partial charge on any atom is 0.0561 e. The normalized spacial score (nSPS) is 12.3. The van der Waals surface area contributed by atoms with E-state index in [0.29, 0.717) is 0 Å². The molecular formula is C64H56N2. The topological polar surface area (TPSA) is 6.48 Å². The van der Waals surface area contributed by atoms with Crippen LogP contribution >= 0.6 is 0 Å². The molecule has 0 aromatic heterocycles. The summed E-state index contributed by atoms with van der Waals surface area (Å²) in [5.41, 5.74) is 21.0. The van der Waals surface area contributed by atoms with Crippen LogP contribution in [0.15, 0.2) is 231 Å². The molecule has 0 atom stereocenters. The second-order valence-electron chi connectivity index (χ2n) is 19.4. The molecule has 0 bridgehead atoms. The average molecular weight is 853 g/mol. The fraction of sp³-hybridized carbons (Fsp3) is 0.125. The third-order valence-corrected chi connectivity index (χ3v) is 12.9. The van der Waals surface area contributed by atoms with Crippen LogP contribution in [0.4, 0.5) is 34.1 Å². The van der Waals surface area contributed by atoms with Crippen LogP contribution in [0.3, 0.4) is 0 Å². The number of hydrogen-bond acceptors (Lipinski definition) is 2. The van der Waals surface area contributed by atoms with Gasteiger partial charge in [-0.05, 0) is 104 Å². The Morgan fingerprint density at radius 2 is 0.788 bits per heavy atom. The van der Waals surface area contributed by atoms with Crippen LogP contribution in [0.2, 0.25) is 0 Å². The van der Waals surface area contributed by atoms with E-state index < -0.39 is 0 Å². The van der Waals surface area contributed by atoms with Crippen LogP contribution in [-0.2, 0) is 10.8 Å². The van der Waals surface area contributed by atoms with Gasteiger partial charge >= 0.3 is 0 Å². The van der Waals surface area contributed by atoms with E-state index in [1.54, 1.807) is 0 Å². The van der Waals surface area contributed by atoms with Crippen molar-refractivity contribution >= 4 is 45.3 Å². The van der Waals surface area contributed by atoms with E-state index in [1.165, 1.54) is 66.8 Å². The maximum atomic E-state index is 2.52. The molecule has 0 amide bonds. The van der Waals surface area contributed by atoms with Gasteiger partial charge in [0.1, 0.15) is 0 Å². The molecule has 1 aliphatic heterocycles. The fourth-order valence-electron chi connectivity index (χ4n) is 9.50. The highest BCUT2D eigenvalue weighted by molar-refractivity contribution is 6.13. The van der Waals surface area contributed by atoms with Crippen molar-refractivity contribution in [1.82, 2.24) is 0 Å². The Hall–Kier alpha value is -7.68.